The van der Waals surface area contributed by atoms with Crippen LogP contribution >= 0.6 is 24.1 Å². The summed E-state index contributed by atoms with van der Waals surface area (Å²) >= 11 is 0. The van der Waals surface area contributed by atoms with Crippen LogP contribution in [0.15, 0.2) is 156 Å². The van der Waals surface area contributed by atoms with Crippen molar-refractivity contribution in [3.63, 3.8) is 0 Å². The summed E-state index contributed by atoms with van der Waals surface area (Å²) in [4.78, 5) is 10.3. The van der Waals surface area contributed by atoms with Gasteiger partial charge in [-0.15, -0.1) is 0 Å². The van der Waals surface area contributed by atoms with Crippen molar-refractivity contribution in [2.75, 3.05) is 28.7 Å². The van der Waals surface area contributed by atoms with Gasteiger partial charge in [-0.1, -0.05) is 0 Å². The number of nitrogen functional groups attached to an aromatic ring is 5. The van der Waals surface area contributed by atoms with E-state index in [-0.39, 0.29) is 0 Å². The molecule has 53 heavy (non-hydrogen) atoms. The van der Waals surface area contributed by atoms with Gasteiger partial charge in [0.2, 0.25) is 0 Å². The van der Waals surface area contributed by atoms with Gasteiger partial charge < -0.3 is 0 Å². The SMILES string of the molecule is Nc1ccc(ON2P(Oc3ccc(N)cc3)(Oc3ccc(N)cc3)=NPNP2(Oc2ccccc2)(Oc2ccc(N)cc2)Oc2ccc(N)cc2)cc1. The Labute approximate surface area is 308 Å². The van der Waals surface area contributed by atoms with Crippen molar-refractivity contribution in [2.24, 2.45) is 4.52 Å². The molecule has 6 aromatic rings. The van der Waals surface area contributed by atoms with Crippen LogP contribution in [0.2, 0.25) is 0 Å². The minimum absolute atomic E-state index is 0.292. The van der Waals surface area contributed by atoms with Crippen LogP contribution in [0.4, 0.5) is 28.4 Å². The van der Waals surface area contributed by atoms with Crippen LogP contribution in [0.5, 0.6) is 34.5 Å². The summed E-state index contributed by atoms with van der Waals surface area (Å²) in [5.74, 6) is 1.93. The van der Waals surface area contributed by atoms with Crippen molar-refractivity contribution in [2.45, 2.75) is 0 Å². The third-order valence-electron chi connectivity index (χ3n) is 7.50. The topological polar surface area (TPSA) is 213 Å². The number of hydrogen-bond acceptors (Lipinski definition) is 14. The molecule has 14 nitrogen and oxygen atoms in total. The number of benzene rings is 6. The number of hydrogen-bond donors (Lipinski definition) is 6. The molecule has 1 aliphatic heterocycles. The van der Waals surface area contributed by atoms with E-state index in [1.807, 2.05) is 18.2 Å². The summed E-state index contributed by atoms with van der Waals surface area (Å²) in [5, 5.41) is 0. The van der Waals surface area contributed by atoms with Gasteiger partial charge in [-0.3, -0.25) is 0 Å². The Kier molecular flexibility index (Phi) is 9.81. The fourth-order valence-corrected chi connectivity index (χ4v) is 14.3. The third kappa shape index (κ3) is 7.83. The molecule has 11 N–H and O–H groups in total. The predicted molar refractivity (Wildman–Crippen MR) is 214 cm³/mol. The number of nitrogens with zero attached hydrogens (tertiary/aromatic N) is 2. The molecular weight excluding hydrogens is 733 g/mol. The minimum atomic E-state index is -5.41. The summed E-state index contributed by atoms with van der Waals surface area (Å²) < 4.78 is 41.6. The monoisotopic (exact) mass is 770 g/mol. The van der Waals surface area contributed by atoms with Gasteiger partial charge in [0, 0.05) is 0 Å². The van der Waals surface area contributed by atoms with E-state index in [0.717, 1.165) is 0 Å². The second-order valence-electron chi connectivity index (χ2n) is 11.6. The first-order valence-corrected chi connectivity index (χ1v) is 20.5. The Morgan fingerprint density at radius 2 is 0.792 bits per heavy atom. The molecule has 0 fully saturated rings. The van der Waals surface area contributed by atoms with Gasteiger partial charge in [-0.25, -0.2) is 0 Å². The van der Waals surface area contributed by atoms with Crippen molar-refractivity contribution < 1.29 is 27.5 Å². The maximum absolute atomic E-state index is 7.14. The number of anilines is 5. The maximum atomic E-state index is 7.14. The Balaban J connectivity index is 1.55. The van der Waals surface area contributed by atoms with Crippen molar-refractivity contribution >= 4 is 52.6 Å². The first kappa shape index (κ1) is 35.5. The second kappa shape index (κ2) is 14.6. The Bertz CT molecular complexity index is 2120. The first-order valence-electron chi connectivity index (χ1n) is 16.1. The molecule has 0 spiro atoms. The summed E-state index contributed by atoms with van der Waals surface area (Å²) in [5.41, 5.74) is 33.1. The van der Waals surface area contributed by atoms with Gasteiger partial charge >= 0.3 is 309 Å². The van der Waals surface area contributed by atoms with Crippen molar-refractivity contribution in [3.05, 3.63) is 152 Å². The number of rotatable bonds is 12. The third-order valence-corrected chi connectivity index (χ3v) is 16.1. The van der Waals surface area contributed by atoms with Crippen molar-refractivity contribution in [3.8, 4) is 34.5 Å². The Hall–Kier alpha value is -5.87. The van der Waals surface area contributed by atoms with E-state index in [4.69, 9.17) is 60.6 Å². The second-order valence-corrected chi connectivity index (χ2v) is 18.2. The van der Waals surface area contributed by atoms with Crippen LogP contribution in [-0.2, 0) is 0 Å². The number of para-hydroxylation sites is 1. The van der Waals surface area contributed by atoms with E-state index in [0.29, 0.717) is 62.9 Å². The van der Waals surface area contributed by atoms with E-state index >= 15 is 0 Å². The van der Waals surface area contributed by atoms with E-state index in [2.05, 4.69) is 4.86 Å². The molecule has 0 radical (unpaired) electrons. The van der Waals surface area contributed by atoms with Gasteiger partial charge in [-0.2, -0.15) is 0 Å². The molecule has 0 saturated heterocycles. The molecule has 7 rings (SSSR count). The van der Waals surface area contributed by atoms with Crippen LogP contribution in [0, 0.1) is 0 Å². The summed E-state index contributed by atoms with van der Waals surface area (Å²) in [6.45, 7) is 0. The van der Waals surface area contributed by atoms with Crippen LogP contribution in [0.25, 0.3) is 0 Å². The van der Waals surface area contributed by atoms with Gasteiger partial charge in [0.15, 0.2) is 0 Å². The summed E-state index contributed by atoms with van der Waals surface area (Å²) in [7, 11) is -9.98. The molecular formula is C36H37N8O6P3. The quantitative estimate of drug-likeness (QED) is 0.0508. The molecule has 0 amide bonds. The molecule has 272 valence electrons. The fourth-order valence-electron chi connectivity index (χ4n) is 4.98. The predicted octanol–water partition coefficient (Wildman–Crippen LogP) is 8.77. The van der Waals surface area contributed by atoms with Gasteiger partial charge in [-0.05, 0) is 0 Å². The Morgan fingerprint density at radius 1 is 0.453 bits per heavy atom. The average molecular weight is 771 g/mol. The van der Waals surface area contributed by atoms with E-state index in [1.54, 1.807) is 133 Å². The Morgan fingerprint density at radius 3 is 1.19 bits per heavy atom. The zero-order chi connectivity index (χ0) is 36.9. The van der Waals surface area contributed by atoms with Crippen LogP contribution in [0.1, 0.15) is 0 Å². The molecule has 0 aliphatic carbocycles. The molecule has 17 heteroatoms. The van der Waals surface area contributed by atoms with Crippen LogP contribution in [-0.4, -0.2) is 4.60 Å². The summed E-state index contributed by atoms with van der Waals surface area (Å²) in [6, 6.07) is 42.8. The van der Waals surface area contributed by atoms with Gasteiger partial charge in [0.05, 0.1) is 0 Å². The molecule has 1 atom stereocenters. The molecule has 0 saturated carbocycles. The molecule has 0 bridgehead atoms. The number of nitrogens with one attached hydrogen (secondary N) is 1. The zero-order valence-electron chi connectivity index (χ0n) is 28.1. The standard InChI is InChI=1S/C36H37N8O6P3/c37-26-6-16-31(17-7-26)45-44-52(46-32-18-8-27(38)9-19-32,47-33-20-10-28(39)11-21-33)42-51-43-53(44,48-34-4-2-1-3-5-34,49-35-22-12-29(40)13-23-35)50-36-24-14-30(41)15-25-36/h1-25,43,51H,37-41H2. The summed E-state index contributed by atoms with van der Waals surface area (Å²) in [6.07, 6.45) is 0. The molecule has 0 aromatic heterocycles. The molecule has 1 aliphatic rings. The van der Waals surface area contributed by atoms with E-state index in [9.17, 15) is 0 Å². The first-order chi connectivity index (χ1) is 25.6. The zero-order valence-corrected chi connectivity index (χ0v) is 30.8. The average Bonchev–Trinajstić information content (AvgIpc) is 3.15. The van der Waals surface area contributed by atoms with Gasteiger partial charge in [0.1, 0.15) is 0 Å². The van der Waals surface area contributed by atoms with Gasteiger partial charge in [0.25, 0.3) is 0 Å². The van der Waals surface area contributed by atoms with E-state index in [1.165, 1.54) is 4.60 Å². The van der Waals surface area contributed by atoms with Crippen molar-refractivity contribution in [1.29, 1.82) is 0 Å². The normalized spacial score (nSPS) is 16.9. The fraction of sp³-hybridized carbons (Fsp3) is 0. The van der Waals surface area contributed by atoms with Crippen molar-refractivity contribution in [1.82, 2.24) is 9.46 Å². The molecule has 1 heterocycles. The van der Waals surface area contributed by atoms with Crippen LogP contribution < -0.4 is 61.0 Å². The van der Waals surface area contributed by atoms with E-state index < -0.39 is 24.1 Å². The molecule has 1 unspecified atom stereocenters. The molecule has 6 aromatic carbocycles. The number of nitrogens with two attached hydrogens (primary N) is 5. The van der Waals surface area contributed by atoms with Crippen LogP contribution in [0.3, 0.4) is 0 Å².